The third-order valence-electron chi connectivity index (χ3n) is 6.98. The molecule has 1 aliphatic carbocycles. The fourth-order valence-electron chi connectivity index (χ4n) is 5.19. The Morgan fingerprint density at radius 2 is 1.85 bits per heavy atom. The van der Waals surface area contributed by atoms with E-state index in [0.717, 1.165) is 50.3 Å². The summed E-state index contributed by atoms with van der Waals surface area (Å²) in [6.07, 6.45) is 4.10. The Morgan fingerprint density at radius 3 is 2.59 bits per heavy atom. The van der Waals surface area contributed by atoms with E-state index >= 15 is 0 Å². The molecule has 5 nitrogen and oxygen atoms in total. The van der Waals surface area contributed by atoms with Crippen molar-refractivity contribution in [3.8, 4) is 5.75 Å². The van der Waals surface area contributed by atoms with Crippen molar-refractivity contribution < 1.29 is 14.6 Å². The highest BCUT2D eigenvalue weighted by molar-refractivity contribution is 5.78. The number of likely N-dealkylation sites (tertiary alicyclic amines) is 2. The molecule has 1 amide bonds. The van der Waals surface area contributed by atoms with Crippen LogP contribution in [-0.4, -0.2) is 65.7 Å². The Morgan fingerprint density at radius 1 is 1.15 bits per heavy atom. The first kappa shape index (κ1) is 18.8. The number of aliphatic hydroxyl groups is 1. The Bertz CT molecular complexity index is 686. The topological polar surface area (TPSA) is 53.0 Å². The molecule has 1 N–H and O–H groups in total. The number of hydrogen-bond donors (Lipinski definition) is 1. The van der Waals surface area contributed by atoms with Crippen LogP contribution in [0, 0.1) is 25.7 Å². The molecule has 0 bridgehead atoms. The van der Waals surface area contributed by atoms with Gasteiger partial charge in [-0.3, -0.25) is 9.69 Å². The molecule has 148 valence electrons. The minimum atomic E-state index is -0.245. The molecule has 2 saturated heterocycles. The lowest BCUT2D eigenvalue weighted by atomic mass is 9.77. The maximum atomic E-state index is 12.7. The Hall–Kier alpha value is -1.59. The smallest absolute Gasteiger partial charge is 0.260 e. The van der Waals surface area contributed by atoms with Crippen molar-refractivity contribution in [2.75, 3.05) is 32.8 Å². The highest BCUT2D eigenvalue weighted by Crippen LogP contribution is 2.39. The van der Waals surface area contributed by atoms with Crippen LogP contribution in [0.2, 0.25) is 0 Å². The van der Waals surface area contributed by atoms with E-state index in [0.29, 0.717) is 11.8 Å². The summed E-state index contributed by atoms with van der Waals surface area (Å²) in [5.41, 5.74) is 2.27. The number of fused-ring (bicyclic) bond motifs is 1. The van der Waals surface area contributed by atoms with Gasteiger partial charge in [0.05, 0.1) is 6.10 Å². The van der Waals surface area contributed by atoms with Gasteiger partial charge >= 0.3 is 0 Å². The number of ether oxygens (including phenoxy) is 1. The number of nitrogens with zero attached hydrogens (tertiary/aromatic N) is 2. The minimum absolute atomic E-state index is 0.0671. The third-order valence-corrected chi connectivity index (χ3v) is 6.98. The molecule has 0 aromatic heterocycles. The second-order valence-corrected chi connectivity index (χ2v) is 8.65. The summed E-state index contributed by atoms with van der Waals surface area (Å²) in [5, 5.41) is 10.6. The van der Waals surface area contributed by atoms with Gasteiger partial charge in [-0.25, -0.2) is 0 Å². The largest absolute Gasteiger partial charge is 0.483 e. The first-order valence-corrected chi connectivity index (χ1v) is 10.4. The zero-order chi connectivity index (χ0) is 19.0. The maximum absolute atomic E-state index is 12.7. The molecule has 2 aliphatic heterocycles. The van der Waals surface area contributed by atoms with Crippen molar-refractivity contribution in [1.29, 1.82) is 0 Å². The predicted molar refractivity (Wildman–Crippen MR) is 105 cm³/mol. The van der Waals surface area contributed by atoms with E-state index in [2.05, 4.69) is 17.9 Å². The predicted octanol–water partition coefficient (Wildman–Crippen LogP) is 2.38. The van der Waals surface area contributed by atoms with Crippen LogP contribution in [0.15, 0.2) is 18.2 Å². The summed E-state index contributed by atoms with van der Waals surface area (Å²) < 4.78 is 5.82. The van der Waals surface area contributed by atoms with Crippen LogP contribution >= 0.6 is 0 Å². The average Bonchev–Trinajstić information content (AvgIpc) is 3.31. The van der Waals surface area contributed by atoms with E-state index in [-0.39, 0.29) is 24.7 Å². The van der Waals surface area contributed by atoms with Crippen LogP contribution < -0.4 is 4.74 Å². The van der Waals surface area contributed by atoms with Crippen molar-refractivity contribution >= 4 is 5.91 Å². The lowest BCUT2D eigenvalue weighted by Crippen LogP contribution is -2.48. The zero-order valence-electron chi connectivity index (χ0n) is 16.6. The number of aryl methyl sites for hydroxylation is 1. The number of amides is 1. The van der Waals surface area contributed by atoms with E-state index in [9.17, 15) is 9.90 Å². The number of carbonyl (C=O) groups is 1. The van der Waals surface area contributed by atoms with Crippen molar-refractivity contribution in [3.05, 3.63) is 29.3 Å². The average molecular weight is 373 g/mol. The van der Waals surface area contributed by atoms with Crippen LogP contribution in [-0.2, 0) is 4.79 Å². The van der Waals surface area contributed by atoms with E-state index in [1.54, 1.807) is 0 Å². The van der Waals surface area contributed by atoms with Crippen LogP contribution in [0.5, 0.6) is 5.75 Å². The Kier molecular flexibility index (Phi) is 5.42. The second-order valence-electron chi connectivity index (χ2n) is 8.65. The Labute approximate surface area is 162 Å². The first-order valence-electron chi connectivity index (χ1n) is 10.4. The number of aliphatic hydroxyl groups excluding tert-OH is 1. The molecule has 1 aromatic carbocycles. The normalized spacial score (nSPS) is 31.1. The van der Waals surface area contributed by atoms with Gasteiger partial charge in [0, 0.05) is 19.1 Å². The van der Waals surface area contributed by atoms with Gasteiger partial charge in [0.2, 0.25) is 0 Å². The summed E-state index contributed by atoms with van der Waals surface area (Å²) >= 11 is 0. The molecule has 1 aromatic rings. The van der Waals surface area contributed by atoms with Crippen molar-refractivity contribution in [2.24, 2.45) is 11.8 Å². The highest BCUT2D eigenvalue weighted by Gasteiger charge is 2.44. The fourth-order valence-corrected chi connectivity index (χ4v) is 5.19. The molecule has 4 rings (SSSR count). The van der Waals surface area contributed by atoms with Gasteiger partial charge in [0.15, 0.2) is 6.61 Å². The van der Waals surface area contributed by atoms with E-state index < -0.39 is 0 Å². The zero-order valence-corrected chi connectivity index (χ0v) is 16.6. The molecule has 1 saturated carbocycles. The highest BCUT2D eigenvalue weighted by atomic mass is 16.5. The standard InChI is InChI=1S/C22H32N2O3/c1-15-6-5-7-21(16(15)2)27-14-22(26)24-12-17-10-19(23-8-3-4-9-23)20(25)11-18(17)13-24/h5-7,17-20,25H,3-4,8-14H2,1-2H3/t17-,18+,19-,20-/m1/s1. The number of hydrogen-bond acceptors (Lipinski definition) is 4. The van der Waals surface area contributed by atoms with Gasteiger partial charge in [-0.1, -0.05) is 12.1 Å². The van der Waals surface area contributed by atoms with E-state index in [1.807, 2.05) is 24.0 Å². The molecule has 3 aliphatic rings. The van der Waals surface area contributed by atoms with Crippen LogP contribution in [0.1, 0.15) is 36.8 Å². The van der Waals surface area contributed by atoms with Gasteiger partial charge in [0.1, 0.15) is 5.75 Å². The van der Waals surface area contributed by atoms with Gasteiger partial charge < -0.3 is 14.7 Å². The quantitative estimate of drug-likeness (QED) is 0.882. The third kappa shape index (κ3) is 3.85. The van der Waals surface area contributed by atoms with Gasteiger partial charge in [-0.2, -0.15) is 0 Å². The van der Waals surface area contributed by atoms with Gasteiger partial charge in [-0.15, -0.1) is 0 Å². The number of carbonyl (C=O) groups excluding carboxylic acids is 1. The minimum Gasteiger partial charge on any atom is -0.483 e. The number of rotatable bonds is 4. The molecule has 0 unspecified atom stereocenters. The first-order chi connectivity index (χ1) is 13.0. The van der Waals surface area contributed by atoms with Crippen LogP contribution in [0.3, 0.4) is 0 Å². The van der Waals surface area contributed by atoms with Crippen LogP contribution in [0.25, 0.3) is 0 Å². The summed E-state index contributed by atoms with van der Waals surface area (Å²) in [5.74, 6) is 1.81. The molecule has 5 heteroatoms. The van der Waals surface area contributed by atoms with Crippen LogP contribution in [0.4, 0.5) is 0 Å². The van der Waals surface area contributed by atoms with E-state index in [1.165, 1.54) is 18.4 Å². The summed E-state index contributed by atoms with van der Waals surface area (Å²) in [6, 6.07) is 6.23. The van der Waals surface area contributed by atoms with Crippen molar-refractivity contribution in [2.45, 2.75) is 51.7 Å². The number of benzene rings is 1. The lowest BCUT2D eigenvalue weighted by Gasteiger charge is -2.40. The molecule has 4 atom stereocenters. The van der Waals surface area contributed by atoms with Crippen molar-refractivity contribution in [1.82, 2.24) is 9.80 Å². The lowest BCUT2D eigenvalue weighted by molar-refractivity contribution is -0.132. The van der Waals surface area contributed by atoms with Gasteiger partial charge in [0.25, 0.3) is 5.91 Å². The molecule has 0 spiro atoms. The Balaban J connectivity index is 1.33. The summed E-state index contributed by atoms with van der Waals surface area (Å²) in [4.78, 5) is 17.1. The SMILES string of the molecule is Cc1cccc(OCC(=O)N2C[C@H]3C[C@@H](N4CCCC4)[C@H](O)C[C@H]3C2)c1C. The van der Waals surface area contributed by atoms with Crippen molar-refractivity contribution in [3.63, 3.8) is 0 Å². The molecule has 0 radical (unpaired) electrons. The fraction of sp³-hybridized carbons (Fsp3) is 0.682. The molecule has 3 fully saturated rings. The summed E-state index contributed by atoms with van der Waals surface area (Å²) in [7, 11) is 0. The second kappa shape index (κ2) is 7.80. The molecule has 2 heterocycles. The summed E-state index contributed by atoms with van der Waals surface area (Å²) in [6.45, 7) is 8.00. The monoisotopic (exact) mass is 372 g/mol. The van der Waals surface area contributed by atoms with E-state index in [4.69, 9.17) is 4.74 Å². The molecular weight excluding hydrogens is 340 g/mol. The molecular formula is C22H32N2O3. The van der Waals surface area contributed by atoms with Gasteiger partial charge in [-0.05, 0) is 81.6 Å². The molecule has 27 heavy (non-hydrogen) atoms. The maximum Gasteiger partial charge on any atom is 0.260 e.